The van der Waals surface area contributed by atoms with Crippen LogP contribution in [-0.2, 0) is 19.0 Å². The second-order valence-corrected chi connectivity index (χ2v) is 6.81. The lowest BCUT2D eigenvalue weighted by molar-refractivity contribution is -0.190. The lowest BCUT2D eigenvalue weighted by atomic mass is 9.98. The first-order valence-corrected chi connectivity index (χ1v) is 8.76. The summed E-state index contributed by atoms with van der Waals surface area (Å²) in [7, 11) is 0. The van der Waals surface area contributed by atoms with E-state index in [4.69, 9.17) is 14.2 Å². The Bertz CT molecular complexity index is 583. The molecule has 132 valence electrons. The van der Waals surface area contributed by atoms with Gasteiger partial charge in [0.05, 0.1) is 38.8 Å². The molecule has 0 N–H and O–H groups in total. The summed E-state index contributed by atoms with van der Waals surface area (Å²) in [5.41, 5.74) is 3.58. The number of benzene rings is 1. The van der Waals surface area contributed by atoms with Gasteiger partial charge in [0.15, 0.2) is 6.29 Å². The first kappa shape index (κ1) is 17.4. The van der Waals surface area contributed by atoms with Crippen molar-refractivity contribution in [2.24, 2.45) is 0 Å². The Kier molecular flexibility index (Phi) is 5.54. The fourth-order valence-electron chi connectivity index (χ4n) is 3.31. The molecule has 1 aromatic carbocycles. The topological polar surface area (TPSA) is 48.0 Å². The zero-order chi connectivity index (χ0) is 17.1. The molecule has 0 saturated carbocycles. The summed E-state index contributed by atoms with van der Waals surface area (Å²) in [6.45, 7) is 8.66. The number of ether oxygens (including phenoxy) is 3. The van der Waals surface area contributed by atoms with Crippen molar-refractivity contribution in [3.05, 3.63) is 34.9 Å². The molecule has 0 bridgehead atoms. The van der Waals surface area contributed by atoms with Gasteiger partial charge in [-0.1, -0.05) is 23.8 Å². The van der Waals surface area contributed by atoms with Gasteiger partial charge in [-0.2, -0.15) is 0 Å². The van der Waals surface area contributed by atoms with Gasteiger partial charge < -0.3 is 19.1 Å². The number of hydrogen-bond donors (Lipinski definition) is 0. The second kappa shape index (κ2) is 7.64. The molecule has 2 fully saturated rings. The van der Waals surface area contributed by atoms with Crippen molar-refractivity contribution in [1.82, 2.24) is 4.90 Å². The monoisotopic (exact) mass is 333 g/mol. The van der Waals surface area contributed by atoms with Gasteiger partial charge in [0.1, 0.15) is 6.10 Å². The molecule has 1 amide bonds. The van der Waals surface area contributed by atoms with Crippen molar-refractivity contribution in [1.29, 1.82) is 0 Å². The van der Waals surface area contributed by atoms with Crippen LogP contribution in [-0.4, -0.2) is 49.5 Å². The van der Waals surface area contributed by atoms with Crippen molar-refractivity contribution in [3.8, 4) is 0 Å². The third-order valence-corrected chi connectivity index (χ3v) is 4.77. The number of amides is 1. The molecule has 24 heavy (non-hydrogen) atoms. The Hall–Kier alpha value is -1.43. The Morgan fingerprint density at radius 1 is 1.21 bits per heavy atom. The number of morpholine rings is 1. The van der Waals surface area contributed by atoms with Crippen LogP contribution in [0.25, 0.3) is 0 Å². The van der Waals surface area contributed by atoms with Gasteiger partial charge in [-0.3, -0.25) is 4.79 Å². The zero-order valence-corrected chi connectivity index (χ0v) is 14.8. The maximum absolute atomic E-state index is 12.7. The predicted molar refractivity (Wildman–Crippen MR) is 90.7 cm³/mol. The molecule has 2 aliphatic heterocycles. The first-order chi connectivity index (χ1) is 11.5. The van der Waals surface area contributed by atoms with E-state index in [1.807, 2.05) is 11.8 Å². The van der Waals surface area contributed by atoms with Crippen molar-refractivity contribution >= 4 is 5.91 Å². The number of hydrogen-bond acceptors (Lipinski definition) is 4. The summed E-state index contributed by atoms with van der Waals surface area (Å²) in [6.07, 6.45) is 0.704. The highest BCUT2D eigenvalue weighted by Gasteiger charge is 2.32. The third kappa shape index (κ3) is 3.97. The van der Waals surface area contributed by atoms with Gasteiger partial charge in [-0.05, 0) is 38.3 Å². The third-order valence-electron chi connectivity index (χ3n) is 4.77. The van der Waals surface area contributed by atoms with E-state index in [0.29, 0.717) is 26.4 Å². The molecule has 0 aliphatic carbocycles. The molecule has 2 aliphatic rings. The lowest BCUT2D eigenvalue weighted by Crippen LogP contribution is -2.49. The zero-order valence-electron chi connectivity index (χ0n) is 14.8. The highest BCUT2D eigenvalue weighted by atomic mass is 16.7. The summed E-state index contributed by atoms with van der Waals surface area (Å²) >= 11 is 0. The van der Waals surface area contributed by atoms with Gasteiger partial charge >= 0.3 is 0 Å². The van der Waals surface area contributed by atoms with Crippen molar-refractivity contribution in [2.45, 2.75) is 52.0 Å². The van der Waals surface area contributed by atoms with Gasteiger partial charge in [-0.25, -0.2) is 0 Å². The molecule has 2 atom stereocenters. The van der Waals surface area contributed by atoms with Crippen molar-refractivity contribution < 1.29 is 19.0 Å². The molecular weight excluding hydrogens is 306 g/mol. The van der Waals surface area contributed by atoms with Crippen LogP contribution in [0.1, 0.15) is 42.6 Å². The number of carbonyl (C=O) groups excluding carboxylic acids is 1. The molecule has 0 radical (unpaired) electrons. The van der Waals surface area contributed by atoms with Gasteiger partial charge in [0.25, 0.3) is 0 Å². The first-order valence-electron chi connectivity index (χ1n) is 8.76. The second-order valence-electron chi connectivity index (χ2n) is 6.81. The van der Waals surface area contributed by atoms with Gasteiger partial charge in [0.2, 0.25) is 5.91 Å². The standard InChI is InChI=1S/C19H27NO4/c1-13-5-6-14(2)16(9-13)17-11-20(15(3)12-24-17)18(21)10-19-22-7-4-8-23-19/h5-6,9,15,17,19H,4,7-8,10-12H2,1-3H3/t15-,17+/m1/s1. The summed E-state index contributed by atoms with van der Waals surface area (Å²) in [6, 6.07) is 6.45. The Labute approximate surface area is 143 Å². The van der Waals surface area contributed by atoms with Gasteiger partial charge in [-0.15, -0.1) is 0 Å². The molecule has 0 spiro atoms. The molecule has 5 heteroatoms. The fourth-order valence-corrected chi connectivity index (χ4v) is 3.31. The highest BCUT2D eigenvalue weighted by molar-refractivity contribution is 5.77. The van der Waals surface area contributed by atoms with Crippen LogP contribution in [0.3, 0.4) is 0 Å². The summed E-state index contributed by atoms with van der Waals surface area (Å²) in [5, 5.41) is 0. The van der Waals surface area contributed by atoms with Crippen molar-refractivity contribution in [3.63, 3.8) is 0 Å². The van der Waals surface area contributed by atoms with E-state index in [2.05, 4.69) is 32.0 Å². The van der Waals surface area contributed by atoms with Crippen LogP contribution >= 0.6 is 0 Å². The number of rotatable bonds is 3. The number of nitrogens with zero attached hydrogens (tertiary/aromatic N) is 1. The van der Waals surface area contributed by atoms with Crippen molar-refractivity contribution in [2.75, 3.05) is 26.4 Å². The van der Waals surface area contributed by atoms with E-state index in [1.54, 1.807) is 0 Å². The fraction of sp³-hybridized carbons (Fsp3) is 0.632. The lowest BCUT2D eigenvalue weighted by Gasteiger charge is -2.39. The molecule has 2 heterocycles. The number of carbonyl (C=O) groups is 1. The minimum absolute atomic E-state index is 0.0711. The molecule has 0 unspecified atom stereocenters. The van der Waals surface area contributed by atoms with E-state index in [9.17, 15) is 4.79 Å². The highest BCUT2D eigenvalue weighted by Crippen LogP contribution is 2.28. The minimum atomic E-state index is -0.402. The normalized spacial score (nSPS) is 25.7. The van der Waals surface area contributed by atoms with Gasteiger partial charge in [0, 0.05) is 0 Å². The van der Waals surface area contributed by atoms with Crippen LogP contribution < -0.4 is 0 Å². The quantitative estimate of drug-likeness (QED) is 0.853. The van der Waals surface area contributed by atoms with E-state index >= 15 is 0 Å². The van der Waals surface area contributed by atoms with E-state index in [0.717, 1.165) is 6.42 Å². The summed E-state index contributed by atoms with van der Waals surface area (Å²) in [4.78, 5) is 14.6. The maximum atomic E-state index is 12.7. The van der Waals surface area contributed by atoms with Crippen LogP contribution in [0.4, 0.5) is 0 Å². The van der Waals surface area contributed by atoms with E-state index in [-0.39, 0.29) is 24.5 Å². The molecular formula is C19H27NO4. The summed E-state index contributed by atoms with van der Waals surface area (Å²) < 4.78 is 17.1. The van der Waals surface area contributed by atoms with E-state index in [1.165, 1.54) is 16.7 Å². The predicted octanol–water partition coefficient (Wildman–Crippen LogP) is 2.74. The average Bonchev–Trinajstić information content (AvgIpc) is 2.58. The van der Waals surface area contributed by atoms with Crippen LogP contribution in [0, 0.1) is 13.8 Å². The molecule has 2 saturated heterocycles. The minimum Gasteiger partial charge on any atom is -0.370 e. The Morgan fingerprint density at radius 2 is 1.96 bits per heavy atom. The molecule has 3 rings (SSSR count). The van der Waals surface area contributed by atoms with E-state index < -0.39 is 6.29 Å². The largest absolute Gasteiger partial charge is 0.370 e. The Balaban J connectivity index is 1.68. The molecule has 1 aromatic rings. The Morgan fingerprint density at radius 3 is 2.71 bits per heavy atom. The van der Waals surface area contributed by atoms with Crippen LogP contribution in [0.15, 0.2) is 18.2 Å². The van der Waals surface area contributed by atoms with Crippen LogP contribution in [0.5, 0.6) is 0 Å². The number of aryl methyl sites for hydroxylation is 2. The smallest absolute Gasteiger partial charge is 0.228 e. The SMILES string of the molecule is Cc1ccc(C)c([C@@H]2CN(C(=O)CC3OCCCO3)[C@H](C)CO2)c1. The van der Waals surface area contributed by atoms with Crippen LogP contribution in [0.2, 0.25) is 0 Å². The average molecular weight is 333 g/mol. The molecule has 0 aromatic heterocycles. The molecule has 5 nitrogen and oxygen atoms in total. The summed E-state index contributed by atoms with van der Waals surface area (Å²) in [5.74, 6) is 0.0769. The maximum Gasteiger partial charge on any atom is 0.228 e.